The molecule has 2 atom stereocenters. The minimum Gasteiger partial charge on any atom is -0.477 e. The summed E-state index contributed by atoms with van der Waals surface area (Å²) in [4.78, 5) is 43.4. The van der Waals surface area contributed by atoms with E-state index in [1.54, 1.807) is 17.8 Å². The van der Waals surface area contributed by atoms with Crippen LogP contribution in [0, 0.1) is 0 Å². The number of nitrogen functional groups attached to an aromatic ring is 1. The molecule has 0 saturated carbocycles. The van der Waals surface area contributed by atoms with Crippen LogP contribution in [0.1, 0.15) is 12.6 Å². The smallest absolute Gasteiger partial charge is 0.352 e. The van der Waals surface area contributed by atoms with E-state index in [9.17, 15) is 19.5 Å². The Kier molecular flexibility index (Phi) is 7.49. The minimum absolute atomic E-state index is 0.0496. The summed E-state index contributed by atoms with van der Waals surface area (Å²) in [7, 11) is 1.69. The lowest BCUT2D eigenvalue weighted by Gasteiger charge is -2.49. The lowest BCUT2D eigenvalue weighted by atomic mass is 10.0. The largest absolute Gasteiger partial charge is 0.477 e. The van der Waals surface area contributed by atoms with Crippen LogP contribution in [0.2, 0.25) is 0 Å². The number of carboxylic acid groups (broad SMARTS) is 1. The molecule has 34 heavy (non-hydrogen) atoms. The number of carboxylic acids is 1. The molecule has 2 amide bonds. The number of hydrogen-bond acceptors (Lipinski definition) is 12. The first-order valence-corrected chi connectivity index (χ1v) is 13.9. The summed E-state index contributed by atoms with van der Waals surface area (Å²) >= 11 is 5.35. The van der Waals surface area contributed by atoms with E-state index in [0.29, 0.717) is 38.6 Å². The van der Waals surface area contributed by atoms with Crippen molar-refractivity contribution in [3.63, 3.8) is 0 Å². The number of carbonyl (C=O) groups excluding carboxylic acids is 2. The van der Waals surface area contributed by atoms with Crippen LogP contribution in [0.25, 0.3) is 5.57 Å². The molecule has 16 heteroatoms. The number of aromatic nitrogens is 5. The highest BCUT2D eigenvalue weighted by Gasteiger charge is 2.54. The fourth-order valence-electron chi connectivity index (χ4n) is 3.32. The van der Waals surface area contributed by atoms with Gasteiger partial charge in [-0.15, -0.1) is 40.0 Å². The van der Waals surface area contributed by atoms with E-state index in [1.807, 2.05) is 6.92 Å². The number of rotatable bonds is 9. The Bertz CT molecular complexity index is 1190. The highest BCUT2D eigenvalue weighted by Crippen LogP contribution is 2.41. The van der Waals surface area contributed by atoms with E-state index in [2.05, 4.69) is 25.8 Å². The van der Waals surface area contributed by atoms with Crippen LogP contribution >= 0.6 is 46.6 Å². The molecule has 2 aromatic rings. The van der Waals surface area contributed by atoms with Gasteiger partial charge >= 0.3 is 5.97 Å². The second kappa shape index (κ2) is 10.4. The molecule has 1 unspecified atom stereocenters. The Morgan fingerprint density at radius 3 is 2.85 bits per heavy atom. The monoisotopic (exact) mass is 540 g/mol. The van der Waals surface area contributed by atoms with Gasteiger partial charge in [0.05, 0.1) is 11.3 Å². The van der Waals surface area contributed by atoms with Crippen molar-refractivity contribution < 1.29 is 19.5 Å². The first-order chi connectivity index (χ1) is 16.3. The molecule has 4 rings (SSSR count). The first kappa shape index (κ1) is 24.6. The third kappa shape index (κ3) is 4.80. The highest BCUT2D eigenvalue weighted by molar-refractivity contribution is 8.02. The number of hydrogen-bond donors (Lipinski definition) is 3. The summed E-state index contributed by atoms with van der Waals surface area (Å²) in [6.07, 6.45) is 0. The van der Waals surface area contributed by atoms with Crippen molar-refractivity contribution >= 4 is 75.1 Å². The van der Waals surface area contributed by atoms with Gasteiger partial charge in [0.25, 0.3) is 11.8 Å². The first-order valence-electron chi connectivity index (χ1n) is 9.91. The average Bonchev–Trinajstić information content (AvgIpc) is 3.43. The molecule has 0 aromatic carbocycles. The summed E-state index contributed by atoms with van der Waals surface area (Å²) in [5, 5.41) is 27.5. The Balaban J connectivity index is 1.49. The summed E-state index contributed by atoms with van der Waals surface area (Å²) in [5.41, 5.74) is 7.01. The van der Waals surface area contributed by atoms with Gasteiger partial charge in [-0.05, 0) is 27.2 Å². The van der Waals surface area contributed by atoms with Gasteiger partial charge in [0.1, 0.15) is 17.1 Å². The van der Waals surface area contributed by atoms with Crippen LogP contribution in [0.4, 0.5) is 5.13 Å². The number of nitrogens with one attached hydrogen (secondary N) is 1. The number of thiazole rings is 1. The molecule has 180 valence electrons. The fraction of sp³-hybridized carbons (Fsp3) is 0.389. The number of amides is 2. The van der Waals surface area contributed by atoms with Crippen molar-refractivity contribution in [1.82, 2.24) is 35.4 Å². The van der Waals surface area contributed by atoms with Crippen LogP contribution in [0.3, 0.4) is 0 Å². The van der Waals surface area contributed by atoms with Crippen LogP contribution in [0.15, 0.2) is 27.2 Å². The number of fused-ring (bicyclic) bond motifs is 1. The van der Waals surface area contributed by atoms with E-state index < -0.39 is 29.2 Å². The van der Waals surface area contributed by atoms with Gasteiger partial charge in [-0.2, -0.15) is 0 Å². The molecule has 0 bridgehead atoms. The molecule has 0 spiro atoms. The number of thioether (sulfide) groups is 3. The zero-order valence-electron chi connectivity index (χ0n) is 18.0. The second-order valence-electron chi connectivity index (χ2n) is 7.05. The number of β-lactam (4-membered cyclic amide) rings is 1. The van der Waals surface area contributed by atoms with Gasteiger partial charge in [-0.25, -0.2) is 14.5 Å². The van der Waals surface area contributed by atoms with Crippen molar-refractivity contribution in [3.8, 4) is 0 Å². The molecule has 2 aliphatic heterocycles. The fourth-order valence-corrected chi connectivity index (χ4v) is 6.78. The Morgan fingerprint density at radius 2 is 2.24 bits per heavy atom. The van der Waals surface area contributed by atoms with Crippen LogP contribution in [0.5, 0.6) is 0 Å². The van der Waals surface area contributed by atoms with Gasteiger partial charge in [0.2, 0.25) is 5.16 Å². The number of carbonyl (C=O) groups is 3. The lowest BCUT2D eigenvalue weighted by Crippen LogP contribution is -2.70. The molecule has 0 radical (unpaired) electrons. The maximum absolute atomic E-state index is 13.0. The minimum atomic E-state index is -1.19. The SMILES string of the molecule is CCSC=C(C(=O)NC1C(=O)N2C(C(=O)O)=C(CSc3nnnn3C)CS[C@H]12)c1csc(N)n1. The maximum atomic E-state index is 13.0. The Morgan fingerprint density at radius 1 is 1.44 bits per heavy atom. The predicted octanol–water partition coefficient (Wildman–Crippen LogP) is 0.874. The van der Waals surface area contributed by atoms with E-state index >= 15 is 0 Å². The van der Waals surface area contributed by atoms with E-state index in [0.717, 1.165) is 5.75 Å². The van der Waals surface area contributed by atoms with Crippen molar-refractivity contribution in [2.75, 3.05) is 23.0 Å². The molecule has 2 aromatic heterocycles. The molecular weight excluding hydrogens is 521 g/mol. The summed E-state index contributed by atoms with van der Waals surface area (Å²) < 4.78 is 1.49. The third-order valence-electron chi connectivity index (χ3n) is 4.90. The number of tetrazole rings is 1. The second-order valence-corrected chi connectivity index (χ2v) is 11.1. The zero-order valence-corrected chi connectivity index (χ0v) is 21.3. The van der Waals surface area contributed by atoms with Gasteiger partial charge in [-0.1, -0.05) is 18.7 Å². The molecule has 2 aliphatic rings. The number of nitrogens with two attached hydrogens (primary N) is 1. The van der Waals surface area contributed by atoms with E-state index in [1.165, 1.54) is 56.2 Å². The molecule has 4 N–H and O–H groups in total. The van der Waals surface area contributed by atoms with Gasteiger partial charge in [0, 0.05) is 23.9 Å². The quantitative estimate of drug-likeness (QED) is 0.233. The molecule has 12 nitrogen and oxygen atoms in total. The molecule has 1 saturated heterocycles. The number of aliphatic carboxylic acids is 1. The van der Waals surface area contributed by atoms with Crippen LogP contribution in [-0.2, 0) is 21.4 Å². The van der Waals surface area contributed by atoms with Crippen LogP contribution < -0.4 is 11.1 Å². The Labute approximate surface area is 210 Å². The number of anilines is 1. The number of nitrogens with zero attached hydrogens (tertiary/aromatic N) is 6. The van der Waals surface area contributed by atoms with E-state index in [-0.39, 0.29) is 5.70 Å². The maximum Gasteiger partial charge on any atom is 0.352 e. The predicted molar refractivity (Wildman–Crippen MR) is 132 cm³/mol. The lowest BCUT2D eigenvalue weighted by molar-refractivity contribution is -0.150. The zero-order chi connectivity index (χ0) is 24.4. The van der Waals surface area contributed by atoms with E-state index in [4.69, 9.17) is 5.73 Å². The van der Waals surface area contributed by atoms with Crippen molar-refractivity contribution in [1.29, 1.82) is 0 Å². The number of aryl methyl sites for hydroxylation is 1. The summed E-state index contributed by atoms with van der Waals surface area (Å²) in [6.45, 7) is 1.95. The topological polar surface area (TPSA) is 169 Å². The molecule has 0 aliphatic carbocycles. The standard InChI is InChI=1S/C18H20N8O4S4/c1-3-31-6-9(10-7-33-17(19)20-10)13(27)21-11-14(28)26-12(16(29)30)8(4-32-15(11)26)5-34-18-22-23-24-25(18)2/h6-7,11,15H,3-5H2,1-2H3,(H2,19,20)(H,21,27)(H,29,30)/t11?,15-/m1/s1. The molecular formula is C18H20N8O4S4. The normalized spacial score (nSPS) is 20.2. The van der Waals surface area contributed by atoms with Gasteiger partial charge in [0.15, 0.2) is 5.13 Å². The highest BCUT2D eigenvalue weighted by atomic mass is 32.2. The summed E-state index contributed by atoms with van der Waals surface area (Å²) in [6, 6.07) is -0.838. The van der Waals surface area contributed by atoms with Crippen molar-refractivity contribution in [2.24, 2.45) is 7.05 Å². The van der Waals surface area contributed by atoms with Crippen LogP contribution in [-0.4, -0.2) is 81.7 Å². The third-order valence-corrected chi connectivity index (χ3v) is 8.75. The van der Waals surface area contributed by atoms with Gasteiger partial charge < -0.3 is 16.2 Å². The van der Waals surface area contributed by atoms with Crippen molar-refractivity contribution in [2.45, 2.75) is 23.5 Å². The molecule has 4 heterocycles. The van der Waals surface area contributed by atoms with Crippen molar-refractivity contribution in [3.05, 3.63) is 27.8 Å². The Hall–Kier alpha value is -2.56. The molecule has 1 fully saturated rings. The average molecular weight is 541 g/mol. The summed E-state index contributed by atoms with van der Waals surface area (Å²) in [5.74, 6) is -0.635. The van der Waals surface area contributed by atoms with Gasteiger partial charge in [-0.3, -0.25) is 14.5 Å².